The molecule has 19 heavy (non-hydrogen) atoms. The van der Waals surface area contributed by atoms with Gasteiger partial charge < -0.3 is 15.0 Å². The maximum atomic E-state index is 12.6. The minimum Gasteiger partial charge on any atom is -0.378 e. The van der Waals surface area contributed by atoms with Gasteiger partial charge in [-0.2, -0.15) is 0 Å². The van der Waals surface area contributed by atoms with Gasteiger partial charge in [0, 0.05) is 25.7 Å². The number of hydrogen-bond donors (Lipinski definition) is 1. The molecule has 110 valence electrons. The van der Waals surface area contributed by atoms with Gasteiger partial charge in [-0.1, -0.05) is 6.42 Å². The Kier molecular flexibility index (Phi) is 5.60. The second-order valence-corrected chi connectivity index (χ2v) is 5.56. The topological polar surface area (TPSA) is 44.8 Å². The zero-order chi connectivity index (χ0) is 13.7. The highest BCUT2D eigenvalue weighted by Gasteiger charge is 2.32. The third-order valence-corrected chi connectivity index (χ3v) is 4.29. The standard InChI is InChI=1S/C14H27N3O2/c1-12(14(18)16-7-9-19-10-8-16)17-6-4-3-5-13(17)11-15-2/h12-13,15H,3-11H2,1-2H3. The Hall–Kier alpha value is -0.650. The molecule has 2 atom stereocenters. The quantitative estimate of drug-likeness (QED) is 0.798. The molecule has 2 rings (SSSR count). The van der Waals surface area contributed by atoms with E-state index in [9.17, 15) is 4.79 Å². The molecule has 0 radical (unpaired) electrons. The Morgan fingerprint density at radius 2 is 2.05 bits per heavy atom. The molecule has 1 amide bonds. The number of piperidine rings is 1. The third-order valence-electron chi connectivity index (χ3n) is 4.29. The van der Waals surface area contributed by atoms with Crippen molar-refractivity contribution in [2.75, 3.05) is 46.4 Å². The van der Waals surface area contributed by atoms with Gasteiger partial charge in [-0.05, 0) is 33.4 Å². The van der Waals surface area contributed by atoms with Gasteiger partial charge in [-0.25, -0.2) is 0 Å². The first-order chi connectivity index (χ1) is 9.24. The van der Waals surface area contributed by atoms with E-state index in [1.165, 1.54) is 19.3 Å². The third kappa shape index (κ3) is 3.68. The molecule has 1 N–H and O–H groups in total. The number of nitrogens with zero attached hydrogens (tertiary/aromatic N) is 2. The summed E-state index contributed by atoms with van der Waals surface area (Å²) in [6.45, 7) is 6.92. The van der Waals surface area contributed by atoms with Crippen molar-refractivity contribution >= 4 is 5.91 Å². The minimum absolute atomic E-state index is 0.00301. The van der Waals surface area contributed by atoms with Crippen molar-refractivity contribution in [3.05, 3.63) is 0 Å². The zero-order valence-electron chi connectivity index (χ0n) is 12.2. The molecular weight excluding hydrogens is 242 g/mol. The normalized spacial score (nSPS) is 27.3. The number of nitrogens with one attached hydrogen (secondary N) is 1. The lowest BCUT2D eigenvalue weighted by Gasteiger charge is -2.41. The number of carbonyl (C=O) groups excluding carboxylic acids is 1. The summed E-state index contributed by atoms with van der Waals surface area (Å²) in [7, 11) is 1.99. The van der Waals surface area contributed by atoms with E-state index in [1.807, 2.05) is 11.9 Å². The number of carbonyl (C=O) groups is 1. The molecule has 2 fully saturated rings. The fraction of sp³-hybridized carbons (Fsp3) is 0.929. The molecule has 2 aliphatic heterocycles. The number of ether oxygens (including phenoxy) is 1. The van der Waals surface area contributed by atoms with Crippen molar-refractivity contribution in [2.45, 2.75) is 38.3 Å². The highest BCUT2D eigenvalue weighted by Crippen LogP contribution is 2.20. The van der Waals surface area contributed by atoms with Crippen molar-refractivity contribution in [3.8, 4) is 0 Å². The van der Waals surface area contributed by atoms with Gasteiger partial charge >= 0.3 is 0 Å². The lowest BCUT2D eigenvalue weighted by Crippen LogP contribution is -2.56. The summed E-state index contributed by atoms with van der Waals surface area (Å²) in [5, 5.41) is 3.25. The van der Waals surface area contributed by atoms with Crippen LogP contribution in [0.3, 0.4) is 0 Å². The van der Waals surface area contributed by atoms with Crippen LogP contribution in [0.4, 0.5) is 0 Å². The molecule has 5 nitrogen and oxygen atoms in total. The highest BCUT2D eigenvalue weighted by molar-refractivity contribution is 5.81. The van der Waals surface area contributed by atoms with Crippen LogP contribution < -0.4 is 5.32 Å². The number of likely N-dealkylation sites (N-methyl/N-ethyl adjacent to an activating group) is 1. The van der Waals surface area contributed by atoms with E-state index in [-0.39, 0.29) is 11.9 Å². The molecule has 0 bridgehead atoms. The van der Waals surface area contributed by atoms with Crippen LogP contribution in [0.15, 0.2) is 0 Å². The smallest absolute Gasteiger partial charge is 0.239 e. The Balaban J connectivity index is 1.95. The van der Waals surface area contributed by atoms with Crippen LogP contribution in [0, 0.1) is 0 Å². The number of amides is 1. The maximum absolute atomic E-state index is 12.6. The first kappa shape index (κ1) is 14.8. The average Bonchev–Trinajstić information content (AvgIpc) is 2.47. The van der Waals surface area contributed by atoms with E-state index >= 15 is 0 Å². The Bertz CT molecular complexity index is 290. The summed E-state index contributed by atoms with van der Waals surface area (Å²) in [5.74, 6) is 0.270. The monoisotopic (exact) mass is 269 g/mol. The number of likely N-dealkylation sites (tertiary alicyclic amines) is 1. The van der Waals surface area contributed by atoms with Gasteiger partial charge in [0.25, 0.3) is 0 Å². The molecule has 5 heteroatoms. The first-order valence-corrected chi connectivity index (χ1v) is 7.51. The maximum Gasteiger partial charge on any atom is 0.239 e. The van der Waals surface area contributed by atoms with Crippen LogP contribution in [0.5, 0.6) is 0 Å². The van der Waals surface area contributed by atoms with Crippen molar-refractivity contribution in [3.63, 3.8) is 0 Å². The van der Waals surface area contributed by atoms with Gasteiger partial charge in [0.05, 0.1) is 19.3 Å². The van der Waals surface area contributed by atoms with Gasteiger partial charge in [-0.3, -0.25) is 9.69 Å². The van der Waals surface area contributed by atoms with Crippen LogP contribution in [0.1, 0.15) is 26.2 Å². The van der Waals surface area contributed by atoms with E-state index in [2.05, 4.69) is 17.1 Å². The van der Waals surface area contributed by atoms with Crippen LogP contribution in [0.25, 0.3) is 0 Å². The molecule has 2 unspecified atom stereocenters. The second kappa shape index (κ2) is 7.22. The second-order valence-electron chi connectivity index (χ2n) is 5.56. The zero-order valence-corrected chi connectivity index (χ0v) is 12.2. The summed E-state index contributed by atoms with van der Waals surface area (Å²) in [6.07, 6.45) is 3.68. The van der Waals surface area contributed by atoms with Crippen LogP contribution in [0.2, 0.25) is 0 Å². The molecule has 0 aromatic carbocycles. The average molecular weight is 269 g/mol. The van der Waals surface area contributed by atoms with Crippen molar-refractivity contribution in [1.82, 2.24) is 15.1 Å². The number of rotatable bonds is 4. The molecule has 2 saturated heterocycles. The Morgan fingerprint density at radius 3 is 2.74 bits per heavy atom. The van der Waals surface area contributed by atoms with Crippen LogP contribution in [-0.4, -0.2) is 74.2 Å². The lowest BCUT2D eigenvalue weighted by atomic mass is 9.99. The molecule has 2 heterocycles. The summed E-state index contributed by atoms with van der Waals surface area (Å²) in [6, 6.07) is 0.496. The van der Waals surface area contributed by atoms with Crippen molar-refractivity contribution in [2.24, 2.45) is 0 Å². The number of hydrogen-bond acceptors (Lipinski definition) is 4. The van der Waals surface area contributed by atoms with E-state index in [1.54, 1.807) is 0 Å². The molecule has 2 aliphatic rings. The van der Waals surface area contributed by atoms with E-state index < -0.39 is 0 Å². The lowest BCUT2D eigenvalue weighted by molar-refractivity contribution is -0.142. The number of morpholine rings is 1. The minimum atomic E-state index is -0.00301. The fourth-order valence-electron chi connectivity index (χ4n) is 3.18. The van der Waals surface area contributed by atoms with Gasteiger partial charge in [0.2, 0.25) is 5.91 Å². The van der Waals surface area contributed by atoms with E-state index in [0.29, 0.717) is 19.3 Å². The Labute approximate surface area is 116 Å². The first-order valence-electron chi connectivity index (χ1n) is 7.51. The SMILES string of the molecule is CNCC1CCCCN1C(C)C(=O)N1CCOCC1. The predicted octanol–water partition coefficient (Wildman–Crippen LogP) is 0.308. The Morgan fingerprint density at radius 1 is 1.32 bits per heavy atom. The predicted molar refractivity (Wildman–Crippen MR) is 75.1 cm³/mol. The molecule has 0 saturated carbocycles. The summed E-state index contributed by atoms with van der Waals surface area (Å²) >= 11 is 0. The van der Waals surface area contributed by atoms with Gasteiger partial charge in [-0.15, -0.1) is 0 Å². The van der Waals surface area contributed by atoms with Crippen molar-refractivity contribution in [1.29, 1.82) is 0 Å². The van der Waals surface area contributed by atoms with Crippen LogP contribution >= 0.6 is 0 Å². The van der Waals surface area contributed by atoms with Gasteiger partial charge in [0.1, 0.15) is 0 Å². The van der Waals surface area contributed by atoms with E-state index in [0.717, 1.165) is 26.2 Å². The molecule has 0 aliphatic carbocycles. The van der Waals surface area contributed by atoms with E-state index in [4.69, 9.17) is 4.74 Å². The summed E-state index contributed by atoms with van der Waals surface area (Å²) in [4.78, 5) is 16.9. The largest absolute Gasteiger partial charge is 0.378 e. The van der Waals surface area contributed by atoms with Gasteiger partial charge in [0.15, 0.2) is 0 Å². The molecule has 0 spiro atoms. The molecule has 0 aromatic heterocycles. The highest BCUT2D eigenvalue weighted by atomic mass is 16.5. The molecular formula is C14H27N3O2. The molecule has 0 aromatic rings. The summed E-state index contributed by atoms with van der Waals surface area (Å²) in [5.41, 5.74) is 0. The summed E-state index contributed by atoms with van der Waals surface area (Å²) < 4.78 is 5.32. The fourth-order valence-corrected chi connectivity index (χ4v) is 3.18. The van der Waals surface area contributed by atoms with Crippen LogP contribution in [-0.2, 0) is 9.53 Å². The van der Waals surface area contributed by atoms with Crippen molar-refractivity contribution < 1.29 is 9.53 Å².